The normalized spacial score (nSPS) is 11.6. The first-order valence-corrected chi connectivity index (χ1v) is 10.2. The van der Waals surface area contributed by atoms with E-state index in [-0.39, 0.29) is 16.8 Å². The van der Waals surface area contributed by atoms with Crippen LogP contribution in [0.5, 0.6) is 0 Å². The molecule has 0 spiro atoms. The van der Waals surface area contributed by atoms with Gasteiger partial charge in [0.15, 0.2) is 0 Å². The van der Waals surface area contributed by atoms with Gasteiger partial charge in [0.2, 0.25) is 5.91 Å². The summed E-state index contributed by atoms with van der Waals surface area (Å²) in [5.74, 6) is -1.07. The maximum absolute atomic E-state index is 12.3. The van der Waals surface area contributed by atoms with Crippen molar-refractivity contribution in [1.82, 2.24) is 10.6 Å². The molecule has 0 saturated carbocycles. The van der Waals surface area contributed by atoms with E-state index in [9.17, 15) is 14.4 Å². The van der Waals surface area contributed by atoms with Crippen LogP contribution >= 0.6 is 38.9 Å². The summed E-state index contributed by atoms with van der Waals surface area (Å²) in [5, 5.41) is 8.17. The molecule has 150 valence electrons. The lowest BCUT2D eigenvalue weighted by Crippen LogP contribution is -2.41. The topological polar surface area (TPSA) is 96.5 Å². The van der Waals surface area contributed by atoms with E-state index in [0.29, 0.717) is 29.3 Å². The van der Waals surface area contributed by atoms with Gasteiger partial charge in [0.05, 0.1) is 25.9 Å². The van der Waals surface area contributed by atoms with Gasteiger partial charge in [0.25, 0.3) is 11.8 Å². The molecule has 3 amide bonds. The highest BCUT2D eigenvalue weighted by Gasteiger charge is 2.18. The molecular weight excluding hydrogens is 470 g/mol. The van der Waals surface area contributed by atoms with Crippen molar-refractivity contribution in [2.75, 3.05) is 25.6 Å². The standard InChI is InChI=1S/C18H19BrClN3O4S/c1-10(22-18(26)14-5-6-15(19)28-14)16(24)23-11-3-4-12(13(20)9-11)17(25)21-7-8-27-2/h3-6,9-10H,7-8H2,1-2H3,(H,21,25)(H,22,26)(H,23,24). The molecule has 0 bridgehead atoms. The van der Waals surface area contributed by atoms with Crippen LogP contribution in [0.1, 0.15) is 27.0 Å². The quantitative estimate of drug-likeness (QED) is 0.497. The van der Waals surface area contributed by atoms with Crippen LogP contribution in [0.4, 0.5) is 5.69 Å². The third kappa shape index (κ3) is 6.30. The van der Waals surface area contributed by atoms with Gasteiger partial charge in [-0.15, -0.1) is 11.3 Å². The number of carbonyl (C=O) groups excluding carboxylic acids is 3. The molecule has 0 aliphatic rings. The predicted molar refractivity (Wildman–Crippen MR) is 113 cm³/mol. The Labute approximate surface area is 179 Å². The summed E-state index contributed by atoms with van der Waals surface area (Å²) in [6, 6.07) is 7.25. The Balaban J connectivity index is 1.94. The van der Waals surface area contributed by atoms with E-state index in [1.165, 1.54) is 23.5 Å². The van der Waals surface area contributed by atoms with Gasteiger partial charge >= 0.3 is 0 Å². The summed E-state index contributed by atoms with van der Waals surface area (Å²) in [5.41, 5.74) is 0.712. The maximum atomic E-state index is 12.3. The third-order valence-corrected chi connectivity index (χ3v) is 5.55. The number of nitrogens with one attached hydrogen (secondary N) is 3. The molecule has 3 N–H and O–H groups in total. The van der Waals surface area contributed by atoms with Crippen molar-refractivity contribution < 1.29 is 19.1 Å². The number of thiophene rings is 1. The number of ether oxygens (including phenoxy) is 1. The molecule has 1 heterocycles. The van der Waals surface area contributed by atoms with Gasteiger partial charge < -0.3 is 20.7 Å². The van der Waals surface area contributed by atoms with Crippen LogP contribution in [0, 0.1) is 0 Å². The lowest BCUT2D eigenvalue weighted by molar-refractivity contribution is -0.117. The zero-order valence-electron chi connectivity index (χ0n) is 15.2. The minimum absolute atomic E-state index is 0.202. The third-order valence-electron chi connectivity index (χ3n) is 3.61. The van der Waals surface area contributed by atoms with Crippen molar-refractivity contribution in [3.8, 4) is 0 Å². The van der Waals surface area contributed by atoms with Crippen LogP contribution in [0.15, 0.2) is 34.1 Å². The second-order valence-electron chi connectivity index (χ2n) is 5.73. The van der Waals surface area contributed by atoms with Gasteiger partial charge in [-0.1, -0.05) is 11.6 Å². The highest BCUT2D eigenvalue weighted by molar-refractivity contribution is 9.11. The van der Waals surface area contributed by atoms with Crippen LogP contribution < -0.4 is 16.0 Å². The monoisotopic (exact) mass is 487 g/mol. The Morgan fingerprint density at radius 3 is 2.57 bits per heavy atom. The Bertz CT molecular complexity index is 874. The molecule has 0 aliphatic carbocycles. The van der Waals surface area contributed by atoms with Gasteiger partial charge in [-0.05, 0) is 53.2 Å². The van der Waals surface area contributed by atoms with Crippen molar-refractivity contribution in [2.45, 2.75) is 13.0 Å². The number of rotatable bonds is 8. The molecule has 1 aromatic carbocycles. The summed E-state index contributed by atoms with van der Waals surface area (Å²) in [6.45, 7) is 2.33. The highest BCUT2D eigenvalue weighted by Crippen LogP contribution is 2.23. The van der Waals surface area contributed by atoms with Crippen molar-refractivity contribution >= 4 is 62.3 Å². The van der Waals surface area contributed by atoms with Crippen molar-refractivity contribution in [1.29, 1.82) is 0 Å². The van der Waals surface area contributed by atoms with Gasteiger partial charge in [0.1, 0.15) is 6.04 Å². The van der Waals surface area contributed by atoms with Crippen LogP contribution in [-0.2, 0) is 9.53 Å². The molecule has 0 radical (unpaired) electrons. The molecule has 2 aromatic rings. The van der Waals surface area contributed by atoms with Crippen LogP contribution in [-0.4, -0.2) is 44.0 Å². The van der Waals surface area contributed by atoms with E-state index in [4.69, 9.17) is 16.3 Å². The van der Waals surface area contributed by atoms with Crippen molar-refractivity contribution in [3.05, 3.63) is 49.6 Å². The Kier molecular flexibility index (Phi) is 8.43. The molecule has 0 saturated heterocycles. The first-order valence-electron chi connectivity index (χ1n) is 8.25. The van der Waals surface area contributed by atoms with E-state index in [1.54, 1.807) is 32.2 Å². The van der Waals surface area contributed by atoms with E-state index < -0.39 is 11.9 Å². The lowest BCUT2D eigenvalue weighted by Gasteiger charge is -2.14. The summed E-state index contributed by atoms with van der Waals surface area (Å²) in [7, 11) is 1.54. The second-order valence-corrected chi connectivity index (χ2v) is 8.60. The molecule has 1 unspecified atom stereocenters. The molecule has 28 heavy (non-hydrogen) atoms. The number of carbonyl (C=O) groups is 3. The number of hydrogen-bond donors (Lipinski definition) is 3. The van der Waals surface area contributed by atoms with Gasteiger partial charge in [0, 0.05) is 19.3 Å². The fourth-order valence-electron chi connectivity index (χ4n) is 2.16. The number of halogens is 2. The molecule has 10 heteroatoms. The van der Waals surface area contributed by atoms with Crippen LogP contribution in [0.3, 0.4) is 0 Å². The minimum atomic E-state index is -0.760. The fourth-order valence-corrected chi connectivity index (χ4v) is 3.71. The zero-order valence-corrected chi connectivity index (χ0v) is 18.3. The summed E-state index contributed by atoms with van der Waals surface area (Å²) < 4.78 is 5.70. The SMILES string of the molecule is COCCNC(=O)c1ccc(NC(=O)C(C)NC(=O)c2ccc(Br)s2)cc1Cl. The maximum Gasteiger partial charge on any atom is 0.262 e. The summed E-state index contributed by atoms with van der Waals surface area (Å²) in [4.78, 5) is 37.0. The molecule has 2 rings (SSSR count). The highest BCUT2D eigenvalue weighted by atomic mass is 79.9. The Hall–Kier alpha value is -1.94. The minimum Gasteiger partial charge on any atom is -0.383 e. The number of benzene rings is 1. The Morgan fingerprint density at radius 2 is 1.96 bits per heavy atom. The van der Waals surface area contributed by atoms with E-state index >= 15 is 0 Å². The molecular formula is C18H19BrClN3O4S. The number of anilines is 1. The van der Waals surface area contributed by atoms with Crippen LogP contribution in [0.2, 0.25) is 5.02 Å². The first-order chi connectivity index (χ1) is 13.3. The number of hydrogen-bond acceptors (Lipinski definition) is 5. The van der Waals surface area contributed by atoms with Gasteiger partial charge in [-0.3, -0.25) is 14.4 Å². The average Bonchev–Trinajstić information content (AvgIpc) is 3.08. The Morgan fingerprint density at radius 1 is 1.21 bits per heavy atom. The smallest absolute Gasteiger partial charge is 0.262 e. The second kappa shape index (κ2) is 10.6. The zero-order chi connectivity index (χ0) is 20.7. The van der Waals surface area contributed by atoms with Gasteiger partial charge in [-0.25, -0.2) is 0 Å². The molecule has 1 atom stereocenters. The molecule has 0 fully saturated rings. The molecule has 7 nitrogen and oxygen atoms in total. The van der Waals surface area contributed by atoms with E-state index in [0.717, 1.165) is 3.79 Å². The molecule has 1 aromatic heterocycles. The van der Waals surface area contributed by atoms with Crippen LogP contribution in [0.25, 0.3) is 0 Å². The predicted octanol–water partition coefficient (Wildman–Crippen LogP) is 3.30. The van der Waals surface area contributed by atoms with Crippen molar-refractivity contribution in [3.63, 3.8) is 0 Å². The molecule has 0 aliphatic heterocycles. The van der Waals surface area contributed by atoms with Gasteiger partial charge in [-0.2, -0.15) is 0 Å². The fraction of sp³-hybridized carbons (Fsp3) is 0.278. The lowest BCUT2D eigenvalue weighted by atomic mass is 10.2. The number of amides is 3. The largest absolute Gasteiger partial charge is 0.383 e. The average molecular weight is 489 g/mol. The van der Waals surface area contributed by atoms with E-state index in [2.05, 4.69) is 31.9 Å². The van der Waals surface area contributed by atoms with E-state index in [1.807, 2.05) is 0 Å². The first kappa shape index (κ1) is 22.4. The number of methoxy groups -OCH3 is 1. The van der Waals surface area contributed by atoms with Crippen molar-refractivity contribution in [2.24, 2.45) is 0 Å². The summed E-state index contributed by atoms with van der Waals surface area (Å²) >= 11 is 10.7. The summed E-state index contributed by atoms with van der Waals surface area (Å²) in [6.07, 6.45) is 0.